The van der Waals surface area contributed by atoms with Crippen molar-refractivity contribution < 1.29 is 62.8 Å². The molecule has 3 heterocycles. The number of esters is 1. The fourth-order valence-corrected chi connectivity index (χ4v) is 9.26. The van der Waals surface area contributed by atoms with Crippen molar-refractivity contribution in [1.82, 2.24) is 4.90 Å². The molecule has 0 aliphatic carbocycles. The summed E-state index contributed by atoms with van der Waals surface area (Å²) in [5.41, 5.74) is 1.66. The van der Waals surface area contributed by atoms with Crippen LogP contribution in [0, 0.1) is 23.7 Å². The maximum absolute atomic E-state index is 14.3. The number of nitrogens with zero attached hydrogens (tertiary/aromatic N) is 1. The van der Waals surface area contributed by atoms with E-state index in [1.807, 2.05) is 27.8 Å². The number of ether oxygens (including phenoxy) is 8. The number of cyclic esters (lactones) is 1. The van der Waals surface area contributed by atoms with Crippen LogP contribution in [-0.2, 0) is 47.5 Å². The third kappa shape index (κ3) is 10.7. The molecule has 0 bridgehead atoms. The maximum Gasteiger partial charge on any atom is 0.311 e. The monoisotopic (exact) mass is 805 g/mol. The van der Waals surface area contributed by atoms with Crippen molar-refractivity contribution in [3.63, 3.8) is 0 Å². The van der Waals surface area contributed by atoms with Crippen molar-refractivity contribution in [3.05, 3.63) is 0 Å². The molecule has 5 N–H and O–H groups in total. The number of nitrogens with two attached hydrogens (primary N) is 1. The van der Waals surface area contributed by atoms with Crippen LogP contribution >= 0.6 is 0 Å². The molecule has 0 unspecified atom stereocenters. The second kappa shape index (κ2) is 20.3. The number of carbonyl (C=O) groups is 2. The van der Waals surface area contributed by atoms with Crippen LogP contribution in [0.25, 0.3) is 0 Å². The molecule has 0 aromatic carbocycles. The van der Waals surface area contributed by atoms with E-state index in [-0.39, 0.29) is 37.2 Å². The summed E-state index contributed by atoms with van der Waals surface area (Å²) in [5, 5.41) is 34.2. The highest BCUT2D eigenvalue weighted by molar-refractivity contribution is 5.83. The van der Waals surface area contributed by atoms with Gasteiger partial charge in [-0.15, -0.1) is 0 Å². The van der Waals surface area contributed by atoms with Gasteiger partial charge in [0.15, 0.2) is 12.6 Å². The molecule has 3 saturated heterocycles. The highest BCUT2D eigenvalue weighted by Gasteiger charge is 2.54. The molecule has 3 fully saturated rings. The van der Waals surface area contributed by atoms with Crippen molar-refractivity contribution in [1.29, 1.82) is 0 Å². The SMILES string of the molecule is CC[C@H]1OC(=O)[C@H](C)[C@@H](O[C@H]2C[C@@](C)(OC)[C@@H](O)[C@H](C)O2)[C@H](C)[C@@H](O[C@@H]2O[C@H](C)C[C@H](N(C)CCCN)[C@H]2OC)[C@@](C)(OC)C[C@@H](C)C(=O)[C@H](C)[C@@H](O)[C@]1(C)O. The summed E-state index contributed by atoms with van der Waals surface area (Å²) < 4.78 is 51.0. The molecular weight excluding hydrogens is 728 g/mol. The van der Waals surface area contributed by atoms with Crippen molar-refractivity contribution in [3.8, 4) is 0 Å². The Labute approximate surface area is 335 Å². The van der Waals surface area contributed by atoms with E-state index in [1.54, 1.807) is 55.8 Å². The van der Waals surface area contributed by atoms with Crippen LogP contribution in [0.2, 0.25) is 0 Å². The fraction of sp³-hybridized carbons (Fsp3) is 0.951. The molecule has 328 valence electrons. The van der Waals surface area contributed by atoms with Gasteiger partial charge in [-0.1, -0.05) is 27.7 Å². The summed E-state index contributed by atoms with van der Waals surface area (Å²) in [6.07, 6.45) is -6.86. The Hall–Kier alpha value is -1.34. The van der Waals surface area contributed by atoms with E-state index in [2.05, 4.69) is 4.90 Å². The third-order valence-corrected chi connectivity index (χ3v) is 13.1. The Balaban J connectivity index is 2.24. The zero-order chi connectivity index (χ0) is 42.5. The van der Waals surface area contributed by atoms with Crippen molar-refractivity contribution >= 4 is 11.8 Å². The molecule has 0 saturated carbocycles. The molecule has 0 amide bonds. The number of carbonyl (C=O) groups excluding carboxylic acids is 2. The quantitative estimate of drug-likeness (QED) is 0.210. The summed E-state index contributed by atoms with van der Waals surface area (Å²) in [5.74, 6) is -4.34. The highest BCUT2D eigenvalue weighted by atomic mass is 16.7. The Kier molecular flexibility index (Phi) is 17.8. The van der Waals surface area contributed by atoms with E-state index in [1.165, 1.54) is 14.0 Å². The van der Waals surface area contributed by atoms with Crippen molar-refractivity contribution in [2.75, 3.05) is 41.5 Å². The minimum Gasteiger partial charge on any atom is -0.459 e. The number of ketones is 1. The molecule has 0 radical (unpaired) electrons. The summed E-state index contributed by atoms with van der Waals surface area (Å²) in [4.78, 5) is 30.6. The topological polar surface area (TPSA) is 198 Å². The first kappa shape index (κ1) is 49.0. The van der Waals surface area contributed by atoms with Gasteiger partial charge in [0.1, 0.15) is 29.7 Å². The Morgan fingerprint density at radius 3 is 2.05 bits per heavy atom. The summed E-state index contributed by atoms with van der Waals surface area (Å²) in [6.45, 7) is 18.7. The van der Waals surface area contributed by atoms with Crippen LogP contribution in [0.3, 0.4) is 0 Å². The predicted octanol–water partition coefficient (Wildman–Crippen LogP) is 2.81. The smallest absolute Gasteiger partial charge is 0.311 e. The van der Waals surface area contributed by atoms with Crippen LogP contribution < -0.4 is 5.73 Å². The predicted molar refractivity (Wildman–Crippen MR) is 208 cm³/mol. The lowest BCUT2D eigenvalue weighted by molar-refractivity contribution is -0.321. The molecule has 3 aliphatic rings. The average Bonchev–Trinajstić information content (AvgIpc) is 3.16. The largest absolute Gasteiger partial charge is 0.459 e. The number of likely N-dealkylation sites (N-methyl/N-ethyl adjacent to an activating group) is 1. The van der Waals surface area contributed by atoms with Gasteiger partial charge in [0.25, 0.3) is 0 Å². The molecule has 15 heteroatoms. The van der Waals surface area contributed by atoms with Crippen molar-refractivity contribution in [2.45, 2.75) is 186 Å². The normalized spacial score (nSPS) is 46.4. The molecule has 15 nitrogen and oxygen atoms in total. The summed E-state index contributed by atoms with van der Waals surface area (Å²) in [7, 11) is 6.71. The first-order chi connectivity index (χ1) is 26.1. The number of hydrogen-bond donors (Lipinski definition) is 4. The zero-order valence-electron chi connectivity index (χ0n) is 36.6. The van der Waals surface area contributed by atoms with E-state index in [4.69, 9.17) is 43.6 Å². The zero-order valence-corrected chi connectivity index (χ0v) is 36.6. The summed E-state index contributed by atoms with van der Waals surface area (Å²) >= 11 is 0. The molecule has 56 heavy (non-hydrogen) atoms. The lowest BCUT2D eigenvalue weighted by atomic mass is 9.74. The maximum atomic E-state index is 14.3. The highest BCUT2D eigenvalue weighted by Crippen LogP contribution is 2.42. The van der Waals surface area contributed by atoms with E-state index >= 15 is 0 Å². The number of aliphatic hydroxyl groups is 3. The molecular formula is C41H76N2O13. The third-order valence-electron chi connectivity index (χ3n) is 13.1. The minimum absolute atomic E-state index is 0.0826. The molecule has 0 spiro atoms. The van der Waals surface area contributed by atoms with E-state index in [9.17, 15) is 24.9 Å². The Morgan fingerprint density at radius 1 is 0.875 bits per heavy atom. The standard InChI is InChI=1S/C41H76N2O13/c1-15-29-41(10,48)34(45)24(4)31(44)22(2)20-40(9,51-14)36(56-38-33(49-12)28(19-23(3)52-38)43(11)18-16-17-42)25(5)32(26(6)37(47)54-29)55-30-21-39(8,50-13)35(46)27(7)53-30/h22-30,32-36,38,45-46,48H,15-21,42H2,1-14H3/t22-,23-,24+,25+,26-,27+,28+,29-,30+,32+,33-,34-,35+,36-,38+,39-,40+,41-/m1/s1. The summed E-state index contributed by atoms with van der Waals surface area (Å²) in [6, 6.07) is -0.0826. The van der Waals surface area contributed by atoms with Gasteiger partial charge in [-0.3, -0.25) is 9.59 Å². The number of aliphatic hydroxyl groups excluding tert-OH is 2. The van der Waals surface area contributed by atoms with E-state index in [0.717, 1.165) is 13.0 Å². The number of Topliss-reactive ketones (excluding diaryl/α,β-unsaturated/α-hetero) is 1. The van der Waals surface area contributed by atoms with Gasteiger partial charge in [-0.25, -0.2) is 0 Å². The number of rotatable bonds is 12. The molecule has 0 aromatic rings. The average molecular weight is 805 g/mol. The Bertz CT molecular complexity index is 1260. The fourth-order valence-electron chi connectivity index (χ4n) is 9.26. The van der Waals surface area contributed by atoms with Crippen LogP contribution in [0.5, 0.6) is 0 Å². The van der Waals surface area contributed by atoms with Gasteiger partial charge in [0.05, 0.1) is 47.6 Å². The number of methoxy groups -OCH3 is 3. The van der Waals surface area contributed by atoms with Gasteiger partial charge in [0, 0.05) is 51.5 Å². The van der Waals surface area contributed by atoms with Gasteiger partial charge in [-0.2, -0.15) is 0 Å². The lowest BCUT2D eigenvalue weighted by Gasteiger charge is -2.50. The van der Waals surface area contributed by atoms with Crippen molar-refractivity contribution in [2.24, 2.45) is 29.4 Å². The van der Waals surface area contributed by atoms with Crippen LogP contribution in [0.15, 0.2) is 0 Å². The van der Waals surface area contributed by atoms with Gasteiger partial charge in [0.2, 0.25) is 0 Å². The van der Waals surface area contributed by atoms with Crippen LogP contribution in [0.4, 0.5) is 0 Å². The van der Waals surface area contributed by atoms with E-state index in [0.29, 0.717) is 13.0 Å². The number of hydrogen-bond acceptors (Lipinski definition) is 15. The van der Waals surface area contributed by atoms with Crippen LogP contribution in [-0.4, -0.2) is 158 Å². The van der Waals surface area contributed by atoms with Gasteiger partial charge < -0.3 is 63.8 Å². The van der Waals surface area contributed by atoms with Gasteiger partial charge >= 0.3 is 5.97 Å². The molecule has 0 aromatic heterocycles. The second-order valence-electron chi connectivity index (χ2n) is 17.5. The second-order valence-corrected chi connectivity index (χ2v) is 17.5. The lowest BCUT2D eigenvalue weighted by Crippen LogP contribution is -2.62. The van der Waals surface area contributed by atoms with Crippen LogP contribution in [0.1, 0.15) is 101 Å². The molecule has 3 aliphatic heterocycles. The Morgan fingerprint density at radius 2 is 1.50 bits per heavy atom. The minimum atomic E-state index is -1.96. The molecule has 3 rings (SSSR count). The first-order valence-corrected chi connectivity index (χ1v) is 20.5. The molecule has 18 atom stereocenters. The van der Waals surface area contributed by atoms with E-state index < -0.39 is 102 Å². The first-order valence-electron chi connectivity index (χ1n) is 20.5. The van der Waals surface area contributed by atoms with Gasteiger partial charge in [-0.05, 0) is 87.4 Å².